The summed E-state index contributed by atoms with van der Waals surface area (Å²) in [7, 11) is 0. The third kappa shape index (κ3) is 2.85. The number of rotatable bonds is 2. The highest BCUT2D eigenvalue weighted by atomic mass is 16.2. The molecule has 1 saturated heterocycles. The number of carbonyl (C=O) groups is 1. The number of likely N-dealkylation sites (tertiary alicyclic amines) is 1. The van der Waals surface area contributed by atoms with Gasteiger partial charge in [-0.15, -0.1) is 0 Å². The van der Waals surface area contributed by atoms with E-state index >= 15 is 0 Å². The van der Waals surface area contributed by atoms with E-state index in [1.807, 2.05) is 35.2 Å². The Morgan fingerprint density at radius 1 is 1.30 bits per heavy atom. The van der Waals surface area contributed by atoms with Crippen LogP contribution in [0.4, 0.5) is 0 Å². The van der Waals surface area contributed by atoms with E-state index in [-0.39, 0.29) is 11.9 Å². The number of nitrogens with zero attached hydrogens (tertiary/aromatic N) is 2. The molecular weight excluding hydrogens is 248 g/mol. The molecular formula is C17H22N2O. The summed E-state index contributed by atoms with van der Waals surface area (Å²) in [6.45, 7) is 7.21. The van der Waals surface area contributed by atoms with E-state index in [2.05, 4.69) is 26.8 Å². The fourth-order valence-electron chi connectivity index (χ4n) is 3.09. The van der Waals surface area contributed by atoms with Crippen molar-refractivity contribution in [1.29, 1.82) is 5.26 Å². The van der Waals surface area contributed by atoms with Crippen molar-refractivity contribution < 1.29 is 4.79 Å². The molecule has 106 valence electrons. The van der Waals surface area contributed by atoms with Crippen molar-refractivity contribution in [2.45, 2.75) is 39.2 Å². The first-order valence-corrected chi connectivity index (χ1v) is 7.29. The molecule has 0 aliphatic carbocycles. The Balaban J connectivity index is 2.23. The quantitative estimate of drug-likeness (QED) is 0.828. The van der Waals surface area contributed by atoms with Crippen LogP contribution in [0, 0.1) is 23.2 Å². The molecule has 1 aromatic carbocycles. The van der Waals surface area contributed by atoms with Gasteiger partial charge in [-0.3, -0.25) is 4.79 Å². The van der Waals surface area contributed by atoms with Crippen molar-refractivity contribution >= 4 is 5.91 Å². The van der Waals surface area contributed by atoms with Crippen molar-refractivity contribution in [1.82, 2.24) is 4.90 Å². The lowest BCUT2D eigenvalue weighted by Gasteiger charge is -2.41. The van der Waals surface area contributed by atoms with Crippen LogP contribution in [0.1, 0.15) is 38.7 Å². The van der Waals surface area contributed by atoms with Gasteiger partial charge in [-0.1, -0.05) is 44.2 Å². The fraction of sp³-hybridized carbons (Fsp3) is 0.529. The van der Waals surface area contributed by atoms with Crippen LogP contribution in [-0.2, 0) is 4.79 Å². The molecule has 1 heterocycles. The Morgan fingerprint density at radius 2 is 1.95 bits per heavy atom. The first kappa shape index (κ1) is 14.6. The molecule has 3 heteroatoms. The van der Waals surface area contributed by atoms with Crippen LogP contribution >= 0.6 is 0 Å². The number of hydrogen-bond donors (Lipinski definition) is 0. The van der Waals surface area contributed by atoms with Crippen LogP contribution in [0.2, 0.25) is 0 Å². The van der Waals surface area contributed by atoms with E-state index in [0.29, 0.717) is 11.8 Å². The second-order valence-corrected chi connectivity index (χ2v) is 6.02. The normalized spacial score (nSPS) is 27.7. The van der Waals surface area contributed by atoms with Gasteiger partial charge in [-0.05, 0) is 30.7 Å². The highest BCUT2D eigenvalue weighted by Crippen LogP contribution is 2.29. The number of nitriles is 1. The lowest BCUT2D eigenvalue weighted by atomic mass is 9.84. The van der Waals surface area contributed by atoms with Gasteiger partial charge in [-0.2, -0.15) is 5.26 Å². The van der Waals surface area contributed by atoms with E-state index in [9.17, 15) is 10.1 Å². The smallest absolute Gasteiger partial charge is 0.244 e. The maximum absolute atomic E-state index is 12.7. The van der Waals surface area contributed by atoms with Crippen molar-refractivity contribution in [2.24, 2.45) is 11.8 Å². The van der Waals surface area contributed by atoms with Gasteiger partial charge in [-0.25, -0.2) is 0 Å². The molecule has 0 saturated carbocycles. The second-order valence-electron chi connectivity index (χ2n) is 6.02. The average molecular weight is 270 g/mol. The maximum atomic E-state index is 12.7. The molecule has 4 atom stereocenters. The fourth-order valence-corrected chi connectivity index (χ4v) is 3.09. The van der Waals surface area contributed by atoms with Crippen molar-refractivity contribution in [3.63, 3.8) is 0 Å². The second kappa shape index (κ2) is 6.09. The highest BCUT2D eigenvalue weighted by Gasteiger charge is 2.35. The summed E-state index contributed by atoms with van der Waals surface area (Å²) < 4.78 is 0. The zero-order valence-corrected chi connectivity index (χ0v) is 12.4. The van der Waals surface area contributed by atoms with Gasteiger partial charge < -0.3 is 4.90 Å². The predicted octanol–water partition coefficient (Wildman–Crippen LogP) is 3.19. The first-order valence-electron chi connectivity index (χ1n) is 7.29. The molecule has 0 spiro atoms. The van der Waals surface area contributed by atoms with Gasteiger partial charge >= 0.3 is 0 Å². The lowest BCUT2D eigenvalue weighted by Crippen LogP contribution is -2.50. The van der Waals surface area contributed by atoms with Crippen molar-refractivity contribution in [2.75, 3.05) is 6.54 Å². The standard InChI is InChI=1S/C17H22N2O/c1-12-9-13(2)14(3)19(11-12)17(20)16(10-18)15-7-5-4-6-8-15/h4-8,12-14,16H,9,11H2,1-3H3. The molecule has 1 aliphatic heterocycles. The van der Waals surface area contributed by atoms with Crippen molar-refractivity contribution in [3.8, 4) is 6.07 Å². The molecule has 3 nitrogen and oxygen atoms in total. The molecule has 0 aromatic heterocycles. The minimum absolute atomic E-state index is 0.0513. The van der Waals surface area contributed by atoms with Gasteiger partial charge in [0.2, 0.25) is 5.91 Å². The van der Waals surface area contributed by atoms with Crippen LogP contribution in [0.5, 0.6) is 0 Å². The summed E-state index contributed by atoms with van der Waals surface area (Å²) >= 11 is 0. The summed E-state index contributed by atoms with van der Waals surface area (Å²) in [5.41, 5.74) is 0.790. The molecule has 4 unspecified atom stereocenters. The topological polar surface area (TPSA) is 44.1 Å². The number of amides is 1. The summed E-state index contributed by atoms with van der Waals surface area (Å²) in [5.74, 6) is 0.249. The largest absolute Gasteiger partial charge is 0.338 e. The van der Waals surface area contributed by atoms with Gasteiger partial charge in [0.25, 0.3) is 0 Å². The van der Waals surface area contributed by atoms with Crippen LogP contribution in [0.15, 0.2) is 30.3 Å². The summed E-state index contributed by atoms with van der Waals surface area (Å²) in [6.07, 6.45) is 1.15. The van der Waals surface area contributed by atoms with E-state index in [0.717, 1.165) is 18.5 Å². The average Bonchev–Trinajstić information content (AvgIpc) is 2.44. The third-order valence-electron chi connectivity index (χ3n) is 4.39. The summed E-state index contributed by atoms with van der Waals surface area (Å²) in [6, 6.07) is 11.7. The Kier molecular flexibility index (Phi) is 4.44. The van der Waals surface area contributed by atoms with E-state index in [1.54, 1.807) is 0 Å². The number of carbonyl (C=O) groups excluding carboxylic acids is 1. The Hall–Kier alpha value is -1.82. The zero-order chi connectivity index (χ0) is 14.7. The molecule has 1 fully saturated rings. The Labute approximate surface area is 121 Å². The van der Waals surface area contributed by atoms with Crippen LogP contribution in [0.25, 0.3) is 0 Å². The van der Waals surface area contributed by atoms with Gasteiger partial charge in [0, 0.05) is 12.6 Å². The van der Waals surface area contributed by atoms with Crippen LogP contribution in [0.3, 0.4) is 0 Å². The Bertz CT molecular complexity index is 505. The van der Waals surface area contributed by atoms with Crippen LogP contribution < -0.4 is 0 Å². The van der Waals surface area contributed by atoms with Gasteiger partial charge in [0.15, 0.2) is 0 Å². The molecule has 0 N–H and O–H groups in total. The van der Waals surface area contributed by atoms with Crippen molar-refractivity contribution in [3.05, 3.63) is 35.9 Å². The first-order chi connectivity index (χ1) is 9.54. The zero-order valence-electron chi connectivity index (χ0n) is 12.4. The minimum Gasteiger partial charge on any atom is -0.338 e. The molecule has 20 heavy (non-hydrogen) atoms. The van der Waals surface area contributed by atoms with E-state index in [4.69, 9.17) is 0 Å². The molecule has 1 aromatic rings. The van der Waals surface area contributed by atoms with E-state index < -0.39 is 5.92 Å². The monoisotopic (exact) mass is 270 g/mol. The Morgan fingerprint density at radius 3 is 2.55 bits per heavy atom. The molecule has 1 amide bonds. The SMILES string of the molecule is CC1CC(C)C(C)N(C(=O)C(C#N)c2ccccc2)C1. The molecule has 0 bridgehead atoms. The van der Waals surface area contributed by atoms with Crippen LogP contribution in [-0.4, -0.2) is 23.4 Å². The molecule has 2 rings (SSSR count). The summed E-state index contributed by atoms with van der Waals surface area (Å²) in [5, 5.41) is 9.40. The summed E-state index contributed by atoms with van der Waals surface area (Å²) in [4.78, 5) is 14.6. The third-order valence-corrected chi connectivity index (χ3v) is 4.39. The predicted molar refractivity (Wildman–Crippen MR) is 78.9 cm³/mol. The molecule has 1 aliphatic rings. The number of piperidine rings is 1. The highest BCUT2D eigenvalue weighted by molar-refractivity contribution is 5.86. The lowest BCUT2D eigenvalue weighted by molar-refractivity contribution is -0.137. The van der Waals surface area contributed by atoms with Gasteiger partial charge in [0.05, 0.1) is 6.07 Å². The van der Waals surface area contributed by atoms with Gasteiger partial charge in [0.1, 0.15) is 5.92 Å². The molecule has 0 radical (unpaired) electrons. The maximum Gasteiger partial charge on any atom is 0.244 e. The minimum atomic E-state index is -0.684. The van der Waals surface area contributed by atoms with E-state index in [1.165, 1.54) is 0 Å². The number of benzene rings is 1. The number of hydrogen-bond acceptors (Lipinski definition) is 2.